The summed E-state index contributed by atoms with van der Waals surface area (Å²) >= 11 is 0. The molecule has 230 valence electrons. The number of phosphoric acid groups is 1. The molecule has 0 saturated heterocycles. The lowest BCUT2D eigenvalue weighted by molar-refractivity contribution is 0.108. The van der Waals surface area contributed by atoms with E-state index in [1.165, 1.54) is 96.3 Å². The molecule has 0 N–H and O–H groups in total. The molecule has 0 saturated carbocycles. The maximum Gasteiger partial charge on any atom is 0.474 e. The third-order valence-corrected chi connectivity index (χ3v) is 8.77. The van der Waals surface area contributed by atoms with Crippen molar-refractivity contribution in [3.63, 3.8) is 0 Å². The first-order valence-electron chi connectivity index (χ1n) is 16.8. The Morgan fingerprint density at radius 2 is 0.579 bits per heavy atom. The van der Waals surface area contributed by atoms with Gasteiger partial charge in [0.05, 0.1) is 19.8 Å². The predicted octanol–water partition coefficient (Wildman–Crippen LogP) is 12.3. The molecule has 0 aliphatic heterocycles. The Morgan fingerprint density at radius 3 is 0.816 bits per heavy atom. The average Bonchev–Trinajstić information content (AvgIpc) is 2.85. The molecular weight excluding hydrogens is 491 g/mol. The SMILES string of the molecule is CC(C)CCCCCCCCOP(=O)(OCCCCCCCCC(C)C)OCCCCCCCCC(C)C. The van der Waals surface area contributed by atoms with Crippen molar-refractivity contribution in [3.05, 3.63) is 0 Å². The van der Waals surface area contributed by atoms with Crippen molar-refractivity contribution in [1.29, 1.82) is 0 Å². The van der Waals surface area contributed by atoms with Gasteiger partial charge < -0.3 is 0 Å². The molecule has 0 rings (SSSR count). The van der Waals surface area contributed by atoms with Gasteiger partial charge in [0, 0.05) is 0 Å². The summed E-state index contributed by atoms with van der Waals surface area (Å²) < 4.78 is 30.6. The molecule has 0 aliphatic carbocycles. The molecule has 0 unspecified atom stereocenters. The van der Waals surface area contributed by atoms with Crippen LogP contribution in [-0.4, -0.2) is 19.8 Å². The van der Waals surface area contributed by atoms with Crippen LogP contribution in [0.2, 0.25) is 0 Å². The number of unbranched alkanes of at least 4 members (excludes halogenated alkanes) is 15. The van der Waals surface area contributed by atoms with E-state index < -0.39 is 7.82 Å². The zero-order chi connectivity index (χ0) is 28.3. The van der Waals surface area contributed by atoms with Gasteiger partial charge in [-0.3, -0.25) is 13.6 Å². The number of hydrogen-bond acceptors (Lipinski definition) is 4. The average molecular weight is 561 g/mol. The van der Waals surface area contributed by atoms with Crippen LogP contribution in [0.1, 0.15) is 176 Å². The molecule has 0 aromatic carbocycles. The normalized spacial score (nSPS) is 12.4. The number of hydrogen-bond donors (Lipinski definition) is 0. The van der Waals surface area contributed by atoms with E-state index in [0.29, 0.717) is 19.8 Å². The van der Waals surface area contributed by atoms with E-state index >= 15 is 0 Å². The van der Waals surface area contributed by atoms with E-state index in [2.05, 4.69) is 41.5 Å². The maximum atomic E-state index is 13.3. The minimum absolute atomic E-state index is 0.467. The summed E-state index contributed by atoms with van der Waals surface area (Å²) in [5.74, 6) is 2.42. The van der Waals surface area contributed by atoms with Crippen molar-refractivity contribution in [2.45, 2.75) is 176 Å². The van der Waals surface area contributed by atoms with E-state index in [4.69, 9.17) is 13.6 Å². The summed E-state index contributed by atoms with van der Waals surface area (Å²) in [7, 11) is -3.45. The summed E-state index contributed by atoms with van der Waals surface area (Å²) in [6.45, 7) is 15.2. The number of rotatable bonds is 30. The highest BCUT2D eigenvalue weighted by atomic mass is 31.2. The van der Waals surface area contributed by atoms with Gasteiger partial charge in [0.1, 0.15) is 0 Å². The highest BCUT2D eigenvalue weighted by Gasteiger charge is 2.26. The van der Waals surface area contributed by atoms with Gasteiger partial charge in [-0.2, -0.15) is 0 Å². The van der Waals surface area contributed by atoms with Gasteiger partial charge in [-0.1, -0.05) is 157 Å². The molecule has 5 heteroatoms. The minimum Gasteiger partial charge on any atom is -0.287 e. The molecule has 4 nitrogen and oxygen atoms in total. The van der Waals surface area contributed by atoms with Gasteiger partial charge in [-0.05, 0) is 37.0 Å². The summed E-state index contributed by atoms with van der Waals surface area (Å²) in [6, 6.07) is 0. The van der Waals surface area contributed by atoms with Gasteiger partial charge in [-0.15, -0.1) is 0 Å². The van der Waals surface area contributed by atoms with Crippen LogP contribution in [0.4, 0.5) is 0 Å². The van der Waals surface area contributed by atoms with E-state index in [1.807, 2.05) is 0 Å². The Labute approximate surface area is 239 Å². The third kappa shape index (κ3) is 29.1. The van der Waals surface area contributed by atoms with Gasteiger partial charge in [0.25, 0.3) is 0 Å². The van der Waals surface area contributed by atoms with Crippen molar-refractivity contribution >= 4 is 7.82 Å². The van der Waals surface area contributed by atoms with Crippen molar-refractivity contribution in [2.75, 3.05) is 19.8 Å². The lowest BCUT2D eigenvalue weighted by atomic mass is 10.0. The summed E-state index contributed by atoms with van der Waals surface area (Å²) in [4.78, 5) is 0. The maximum absolute atomic E-state index is 13.3. The first kappa shape index (κ1) is 38.1. The quantitative estimate of drug-likeness (QED) is 0.0647. The van der Waals surface area contributed by atoms with Gasteiger partial charge in [0.15, 0.2) is 0 Å². The second-order valence-corrected chi connectivity index (χ2v) is 14.5. The standard InChI is InChI=1S/C33H69O4P/c1-31(2)25-19-13-7-10-16-22-28-35-38(34,36-29-23-17-11-8-14-20-26-32(3)4)37-30-24-18-12-9-15-21-27-33(5)6/h31-33H,7-30H2,1-6H3. The van der Waals surface area contributed by atoms with Crippen LogP contribution < -0.4 is 0 Å². The van der Waals surface area contributed by atoms with Crippen LogP contribution in [-0.2, 0) is 18.1 Å². The Balaban J connectivity index is 4.12. The van der Waals surface area contributed by atoms with E-state index in [0.717, 1.165) is 56.3 Å². The fourth-order valence-electron chi connectivity index (χ4n) is 4.73. The van der Waals surface area contributed by atoms with Crippen LogP contribution in [0.25, 0.3) is 0 Å². The Kier molecular flexibility index (Phi) is 27.4. The molecule has 0 amide bonds. The van der Waals surface area contributed by atoms with Crippen molar-refractivity contribution in [3.8, 4) is 0 Å². The van der Waals surface area contributed by atoms with Crippen molar-refractivity contribution < 1.29 is 18.1 Å². The molecule has 38 heavy (non-hydrogen) atoms. The van der Waals surface area contributed by atoms with E-state index in [9.17, 15) is 4.57 Å². The highest BCUT2D eigenvalue weighted by Crippen LogP contribution is 2.50. The molecule has 0 aromatic rings. The fraction of sp³-hybridized carbons (Fsp3) is 1.00. The van der Waals surface area contributed by atoms with Crippen molar-refractivity contribution in [2.24, 2.45) is 17.8 Å². The Bertz CT molecular complexity index is 450. The zero-order valence-electron chi connectivity index (χ0n) is 26.8. The fourth-order valence-corrected chi connectivity index (χ4v) is 6.01. The zero-order valence-corrected chi connectivity index (χ0v) is 27.7. The molecular formula is C33H69O4P. The summed E-state index contributed by atoms with van der Waals surface area (Å²) in [5, 5.41) is 0. The molecule has 0 bridgehead atoms. The Morgan fingerprint density at radius 1 is 0.368 bits per heavy atom. The largest absolute Gasteiger partial charge is 0.474 e. The molecule has 0 radical (unpaired) electrons. The Hall–Kier alpha value is 0.110. The van der Waals surface area contributed by atoms with Gasteiger partial charge in [-0.25, -0.2) is 4.57 Å². The summed E-state index contributed by atoms with van der Waals surface area (Å²) in [6.07, 6.45) is 25.6. The summed E-state index contributed by atoms with van der Waals surface area (Å²) in [5.41, 5.74) is 0. The predicted molar refractivity (Wildman–Crippen MR) is 167 cm³/mol. The van der Waals surface area contributed by atoms with E-state index in [1.54, 1.807) is 0 Å². The van der Waals surface area contributed by atoms with E-state index in [-0.39, 0.29) is 0 Å². The topological polar surface area (TPSA) is 44.8 Å². The molecule has 0 fully saturated rings. The second kappa shape index (κ2) is 27.3. The lowest BCUT2D eigenvalue weighted by Gasteiger charge is -2.18. The minimum atomic E-state index is -3.45. The first-order chi connectivity index (χ1) is 18.2. The molecule has 0 spiro atoms. The van der Waals surface area contributed by atoms with Crippen molar-refractivity contribution in [1.82, 2.24) is 0 Å². The lowest BCUT2D eigenvalue weighted by Crippen LogP contribution is -2.04. The highest BCUT2D eigenvalue weighted by molar-refractivity contribution is 7.48. The van der Waals surface area contributed by atoms with Crippen LogP contribution >= 0.6 is 7.82 Å². The number of phosphoric ester groups is 1. The first-order valence-corrected chi connectivity index (χ1v) is 18.2. The third-order valence-electron chi connectivity index (χ3n) is 7.28. The smallest absolute Gasteiger partial charge is 0.287 e. The molecule has 0 aromatic heterocycles. The van der Waals surface area contributed by atoms with Crippen LogP contribution in [0.15, 0.2) is 0 Å². The van der Waals surface area contributed by atoms with Crippen LogP contribution in [0, 0.1) is 17.8 Å². The second-order valence-electron chi connectivity index (χ2n) is 12.9. The molecule has 0 heterocycles. The van der Waals surface area contributed by atoms with Crippen LogP contribution in [0.3, 0.4) is 0 Å². The van der Waals surface area contributed by atoms with Gasteiger partial charge >= 0.3 is 7.82 Å². The monoisotopic (exact) mass is 560 g/mol. The molecule has 0 atom stereocenters. The van der Waals surface area contributed by atoms with Crippen LogP contribution in [0.5, 0.6) is 0 Å². The molecule has 0 aliphatic rings. The van der Waals surface area contributed by atoms with Gasteiger partial charge in [0.2, 0.25) is 0 Å².